The second-order valence-electron chi connectivity index (χ2n) is 5.44. The molecule has 0 fully saturated rings. The lowest BCUT2D eigenvalue weighted by atomic mass is 10.1. The van der Waals surface area contributed by atoms with Crippen molar-refractivity contribution in [1.29, 1.82) is 0 Å². The van der Waals surface area contributed by atoms with Crippen molar-refractivity contribution in [3.63, 3.8) is 0 Å². The number of aryl methyl sites for hydroxylation is 1. The van der Waals surface area contributed by atoms with Crippen LogP contribution in [-0.4, -0.2) is 4.98 Å². The molecular formula is C18H12ClNO4S. The molecule has 0 atom stereocenters. The van der Waals surface area contributed by atoms with Gasteiger partial charge in [-0.15, -0.1) is 11.3 Å². The van der Waals surface area contributed by atoms with Crippen LogP contribution in [0.25, 0.3) is 21.7 Å². The lowest BCUT2D eigenvalue weighted by Gasteiger charge is -2.08. The van der Waals surface area contributed by atoms with Gasteiger partial charge in [0.2, 0.25) is 0 Å². The maximum atomic E-state index is 11.5. The van der Waals surface area contributed by atoms with Gasteiger partial charge in [-0.3, -0.25) is 0 Å². The number of hydrogen-bond acceptors (Lipinski definition) is 6. The molecule has 0 saturated carbocycles. The molecule has 0 unspecified atom stereocenters. The van der Waals surface area contributed by atoms with E-state index in [1.165, 1.54) is 17.4 Å². The third kappa shape index (κ3) is 3.18. The smallest absolute Gasteiger partial charge is 0.336 e. The summed E-state index contributed by atoms with van der Waals surface area (Å²) in [6.45, 7) is 2.08. The first-order valence-electron chi connectivity index (χ1n) is 7.45. The number of benzene rings is 1. The van der Waals surface area contributed by atoms with Gasteiger partial charge in [0.25, 0.3) is 0 Å². The summed E-state index contributed by atoms with van der Waals surface area (Å²) in [4.78, 5) is 16.0. The molecule has 126 valence electrons. The van der Waals surface area contributed by atoms with E-state index < -0.39 is 5.63 Å². The molecule has 4 rings (SSSR count). The van der Waals surface area contributed by atoms with Crippen LogP contribution in [-0.2, 0) is 6.61 Å². The Balaban J connectivity index is 1.59. The molecule has 7 heteroatoms. The van der Waals surface area contributed by atoms with Crippen LogP contribution in [0.3, 0.4) is 0 Å². The zero-order valence-corrected chi connectivity index (χ0v) is 14.7. The summed E-state index contributed by atoms with van der Waals surface area (Å²) >= 11 is 7.77. The van der Waals surface area contributed by atoms with E-state index in [4.69, 9.17) is 25.2 Å². The number of halogens is 1. The summed E-state index contributed by atoms with van der Waals surface area (Å²) in [5, 5.41) is 3.92. The quantitative estimate of drug-likeness (QED) is 0.468. The number of furan rings is 1. The molecule has 0 aliphatic heterocycles. The van der Waals surface area contributed by atoms with E-state index in [1.807, 2.05) is 24.4 Å². The fourth-order valence-corrected chi connectivity index (χ4v) is 3.46. The highest BCUT2D eigenvalue weighted by Crippen LogP contribution is 2.32. The standard InChI is InChI=1S/C18H12ClNO4S/c1-10-5-17(21)24-15-7-16(13(19)6-12(10)15)23-8-11-9-25-18(20-11)14-3-2-4-22-14/h2-7,9H,8H2,1H3. The number of fused-ring (bicyclic) bond motifs is 1. The Bertz CT molecular complexity index is 1100. The maximum absolute atomic E-state index is 11.5. The van der Waals surface area contributed by atoms with Gasteiger partial charge in [0.15, 0.2) is 10.8 Å². The Morgan fingerprint density at radius 2 is 2.20 bits per heavy atom. The molecule has 0 radical (unpaired) electrons. The highest BCUT2D eigenvalue weighted by Gasteiger charge is 2.11. The van der Waals surface area contributed by atoms with Crippen molar-refractivity contribution < 1.29 is 13.6 Å². The van der Waals surface area contributed by atoms with Gasteiger partial charge in [0.05, 0.1) is 17.0 Å². The largest absolute Gasteiger partial charge is 0.486 e. The topological polar surface area (TPSA) is 65.5 Å². The number of thiazole rings is 1. The molecule has 3 heterocycles. The summed E-state index contributed by atoms with van der Waals surface area (Å²) in [5.41, 5.74) is 1.61. The van der Waals surface area contributed by atoms with E-state index in [9.17, 15) is 4.79 Å². The summed E-state index contributed by atoms with van der Waals surface area (Å²) in [7, 11) is 0. The van der Waals surface area contributed by atoms with Gasteiger partial charge in [-0.25, -0.2) is 9.78 Å². The molecule has 4 aromatic rings. The average molecular weight is 374 g/mol. The van der Waals surface area contributed by atoms with Crippen molar-refractivity contribution in [2.24, 2.45) is 0 Å². The van der Waals surface area contributed by atoms with Gasteiger partial charge >= 0.3 is 5.63 Å². The van der Waals surface area contributed by atoms with Crippen LogP contribution in [0.1, 0.15) is 11.3 Å². The zero-order chi connectivity index (χ0) is 17.4. The minimum absolute atomic E-state index is 0.248. The van der Waals surface area contributed by atoms with Crippen LogP contribution in [0.4, 0.5) is 0 Å². The molecule has 0 aliphatic carbocycles. The summed E-state index contributed by atoms with van der Waals surface area (Å²) in [5.74, 6) is 1.16. The Labute approximate surface area is 151 Å². The lowest BCUT2D eigenvalue weighted by Crippen LogP contribution is -2.00. The molecular weight excluding hydrogens is 362 g/mol. The van der Waals surface area contributed by atoms with Crippen molar-refractivity contribution >= 4 is 33.9 Å². The predicted octanol–water partition coefficient (Wildman–Crippen LogP) is 5.05. The molecule has 3 aromatic heterocycles. The minimum Gasteiger partial charge on any atom is -0.486 e. The predicted molar refractivity (Wildman–Crippen MR) is 96.4 cm³/mol. The second-order valence-corrected chi connectivity index (χ2v) is 6.70. The summed E-state index contributed by atoms with van der Waals surface area (Å²) in [6, 6.07) is 8.47. The van der Waals surface area contributed by atoms with Gasteiger partial charge in [0, 0.05) is 22.9 Å². The third-order valence-electron chi connectivity index (χ3n) is 3.66. The summed E-state index contributed by atoms with van der Waals surface area (Å²) < 4.78 is 16.3. The van der Waals surface area contributed by atoms with Crippen molar-refractivity contribution in [2.45, 2.75) is 13.5 Å². The fourth-order valence-electron chi connectivity index (χ4n) is 2.47. The Morgan fingerprint density at radius 1 is 1.32 bits per heavy atom. The van der Waals surface area contributed by atoms with Crippen LogP contribution in [0.15, 0.2) is 55.6 Å². The number of ether oxygens (including phenoxy) is 1. The van der Waals surface area contributed by atoms with E-state index in [1.54, 1.807) is 18.4 Å². The number of rotatable bonds is 4. The van der Waals surface area contributed by atoms with E-state index in [0.717, 1.165) is 27.4 Å². The Hall–Kier alpha value is -2.57. The number of nitrogens with zero attached hydrogens (tertiary/aromatic N) is 1. The highest BCUT2D eigenvalue weighted by atomic mass is 35.5. The molecule has 25 heavy (non-hydrogen) atoms. The monoisotopic (exact) mass is 373 g/mol. The molecule has 1 aromatic carbocycles. The van der Waals surface area contributed by atoms with Gasteiger partial charge in [0.1, 0.15) is 17.9 Å². The van der Waals surface area contributed by atoms with Crippen LogP contribution < -0.4 is 10.4 Å². The average Bonchev–Trinajstić information content (AvgIpc) is 3.25. The Kier molecular flexibility index (Phi) is 4.07. The van der Waals surface area contributed by atoms with Gasteiger partial charge in [-0.2, -0.15) is 0 Å². The van der Waals surface area contributed by atoms with E-state index in [-0.39, 0.29) is 6.61 Å². The third-order valence-corrected chi connectivity index (χ3v) is 4.86. The first kappa shape index (κ1) is 15.9. The molecule has 0 bridgehead atoms. The van der Waals surface area contributed by atoms with Crippen LogP contribution >= 0.6 is 22.9 Å². The van der Waals surface area contributed by atoms with E-state index in [0.29, 0.717) is 16.4 Å². The fraction of sp³-hybridized carbons (Fsp3) is 0.111. The van der Waals surface area contributed by atoms with Crippen molar-refractivity contribution in [3.8, 4) is 16.5 Å². The molecule has 0 N–H and O–H groups in total. The minimum atomic E-state index is -0.402. The van der Waals surface area contributed by atoms with E-state index in [2.05, 4.69) is 4.98 Å². The second kappa shape index (κ2) is 6.38. The van der Waals surface area contributed by atoms with Crippen LogP contribution in [0.5, 0.6) is 5.75 Å². The lowest BCUT2D eigenvalue weighted by molar-refractivity contribution is 0.302. The highest BCUT2D eigenvalue weighted by molar-refractivity contribution is 7.13. The van der Waals surface area contributed by atoms with Gasteiger partial charge < -0.3 is 13.6 Å². The first-order chi connectivity index (χ1) is 12.1. The first-order valence-corrected chi connectivity index (χ1v) is 8.71. The molecule has 5 nitrogen and oxygen atoms in total. The van der Waals surface area contributed by atoms with Crippen molar-refractivity contribution in [2.75, 3.05) is 0 Å². The van der Waals surface area contributed by atoms with Crippen LogP contribution in [0, 0.1) is 6.92 Å². The van der Waals surface area contributed by atoms with Gasteiger partial charge in [-0.1, -0.05) is 11.6 Å². The molecule has 0 aliphatic rings. The number of aromatic nitrogens is 1. The SMILES string of the molecule is Cc1cc(=O)oc2cc(OCc3csc(-c4ccco4)n3)c(Cl)cc12. The number of hydrogen-bond donors (Lipinski definition) is 0. The molecule has 0 saturated heterocycles. The maximum Gasteiger partial charge on any atom is 0.336 e. The van der Waals surface area contributed by atoms with Crippen molar-refractivity contribution in [3.05, 3.63) is 68.7 Å². The normalized spacial score (nSPS) is 11.1. The molecule has 0 amide bonds. The van der Waals surface area contributed by atoms with Gasteiger partial charge in [-0.05, 0) is 30.7 Å². The summed E-state index contributed by atoms with van der Waals surface area (Å²) in [6.07, 6.45) is 1.61. The van der Waals surface area contributed by atoms with Crippen LogP contribution in [0.2, 0.25) is 5.02 Å². The Morgan fingerprint density at radius 3 is 3.00 bits per heavy atom. The molecule has 0 spiro atoms. The van der Waals surface area contributed by atoms with E-state index >= 15 is 0 Å². The zero-order valence-electron chi connectivity index (χ0n) is 13.1. The van der Waals surface area contributed by atoms with Crippen molar-refractivity contribution in [1.82, 2.24) is 4.98 Å².